The molecule has 33 heavy (non-hydrogen) atoms. The van der Waals surface area contributed by atoms with Crippen molar-refractivity contribution >= 4 is 28.4 Å². The molecule has 2 aromatic carbocycles. The third-order valence-corrected chi connectivity index (χ3v) is 7.30. The van der Waals surface area contributed by atoms with Crippen LogP contribution in [-0.2, 0) is 11.3 Å². The van der Waals surface area contributed by atoms with Gasteiger partial charge in [0.2, 0.25) is 5.91 Å². The molecule has 2 atom stereocenters. The van der Waals surface area contributed by atoms with E-state index in [9.17, 15) is 4.79 Å². The molecule has 1 fully saturated rings. The lowest BCUT2D eigenvalue weighted by molar-refractivity contribution is -0.121. The third kappa shape index (κ3) is 5.80. The average molecular weight is 466 g/mol. The molecule has 1 aliphatic rings. The minimum absolute atomic E-state index is 0.0384. The molecule has 1 saturated heterocycles. The Morgan fingerprint density at radius 2 is 2.03 bits per heavy atom. The number of halogens is 1. The highest BCUT2D eigenvalue weighted by Gasteiger charge is 2.23. The number of hydrogen-bond acceptors (Lipinski definition) is 2. The lowest BCUT2D eigenvalue weighted by Crippen LogP contribution is -2.39. The maximum absolute atomic E-state index is 13.0. The monoisotopic (exact) mass is 465 g/mol. The summed E-state index contributed by atoms with van der Waals surface area (Å²) in [5.74, 6) is 0.0588. The van der Waals surface area contributed by atoms with Crippen LogP contribution in [0.2, 0.25) is 5.02 Å². The van der Waals surface area contributed by atoms with Gasteiger partial charge >= 0.3 is 0 Å². The van der Waals surface area contributed by atoms with Gasteiger partial charge in [-0.05, 0) is 69.0 Å². The molecule has 1 aromatic heterocycles. The first kappa shape index (κ1) is 23.8. The van der Waals surface area contributed by atoms with Crippen LogP contribution in [0.3, 0.4) is 0 Å². The van der Waals surface area contributed by atoms with Crippen molar-refractivity contribution in [1.29, 1.82) is 0 Å². The molecule has 1 N–H and O–H groups in total. The fourth-order valence-electron chi connectivity index (χ4n) is 5.20. The number of carbonyl (C=O) groups excluding carboxylic acids is 1. The molecule has 0 aliphatic carbocycles. The van der Waals surface area contributed by atoms with Crippen LogP contribution in [0.1, 0.15) is 63.0 Å². The maximum atomic E-state index is 13.0. The summed E-state index contributed by atoms with van der Waals surface area (Å²) in [5, 5.41) is 5.09. The normalized spacial score (nSPS) is 17.8. The number of hydrogen-bond donors (Lipinski definition) is 1. The van der Waals surface area contributed by atoms with Crippen molar-refractivity contribution in [1.82, 2.24) is 14.8 Å². The average Bonchev–Trinajstić information content (AvgIpc) is 3.20. The van der Waals surface area contributed by atoms with Crippen molar-refractivity contribution in [2.24, 2.45) is 0 Å². The molecule has 5 heteroatoms. The van der Waals surface area contributed by atoms with Crippen LogP contribution in [0.4, 0.5) is 0 Å². The van der Waals surface area contributed by atoms with Crippen LogP contribution in [-0.4, -0.2) is 41.1 Å². The van der Waals surface area contributed by atoms with Crippen molar-refractivity contribution in [2.75, 3.05) is 19.6 Å². The number of aryl methyl sites for hydroxylation is 1. The fourth-order valence-corrected chi connectivity index (χ4v) is 5.40. The van der Waals surface area contributed by atoms with Crippen molar-refractivity contribution < 1.29 is 4.79 Å². The summed E-state index contributed by atoms with van der Waals surface area (Å²) < 4.78 is 2.26. The molecule has 0 saturated carbocycles. The Labute approximate surface area is 202 Å². The molecular weight excluding hydrogens is 430 g/mol. The largest absolute Gasteiger partial charge is 0.356 e. The number of piperidine rings is 1. The number of fused-ring (bicyclic) bond motifs is 1. The number of aromatic nitrogens is 1. The molecule has 0 spiro atoms. The van der Waals surface area contributed by atoms with E-state index in [0.29, 0.717) is 17.5 Å². The van der Waals surface area contributed by atoms with E-state index in [-0.39, 0.29) is 11.8 Å². The number of likely N-dealkylation sites (tertiary alicyclic amines) is 1. The zero-order valence-electron chi connectivity index (χ0n) is 19.9. The second kappa shape index (κ2) is 11.2. The van der Waals surface area contributed by atoms with E-state index in [1.54, 1.807) is 0 Å². The lowest BCUT2D eigenvalue weighted by atomic mass is 9.88. The van der Waals surface area contributed by atoms with E-state index in [0.717, 1.165) is 31.6 Å². The SMILES string of the molecule is CCn1cc(C(CC(=O)NCCCN2CCCCC2C)c2cccc(Cl)c2)c2ccccc21. The minimum atomic E-state index is -0.0384. The zero-order chi connectivity index (χ0) is 23.2. The molecule has 3 aromatic rings. The Balaban J connectivity index is 1.48. The van der Waals surface area contributed by atoms with Crippen molar-refractivity contribution in [3.63, 3.8) is 0 Å². The lowest BCUT2D eigenvalue weighted by Gasteiger charge is -2.33. The van der Waals surface area contributed by atoms with Crippen molar-refractivity contribution in [2.45, 2.75) is 64.5 Å². The van der Waals surface area contributed by atoms with Gasteiger partial charge in [-0.2, -0.15) is 0 Å². The third-order valence-electron chi connectivity index (χ3n) is 7.06. The van der Waals surface area contributed by atoms with Crippen LogP contribution in [0, 0.1) is 0 Å². The fraction of sp³-hybridized carbons (Fsp3) is 0.464. The summed E-state index contributed by atoms with van der Waals surface area (Å²) in [6.07, 6.45) is 7.54. The molecule has 4 rings (SSSR count). The molecule has 2 unspecified atom stereocenters. The number of benzene rings is 2. The van der Waals surface area contributed by atoms with Gasteiger partial charge in [0.25, 0.3) is 0 Å². The summed E-state index contributed by atoms with van der Waals surface area (Å²) in [6.45, 7) is 8.34. The van der Waals surface area contributed by atoms with Gasteiger partial charge in [-0.15, -0.1) is 0 Å². The molecule has 1 amide bonds. The van der Waals surface area contributed by atoms with Gasteiger partial charge in [-0.3, -0.25) is 4.79 Å². The highest BCUT2D eigenvalue weighted by atomic mass is 35.5. The van der Waals surface area contributed by atoms with Gasteiger partial charge in [0.05, 0.1) is 0 Å². The molecular formula is C28H36ClN3O. The van der Waals surface area contributed by atoms with E-state index in [1.165, 1.54) is 42.3 Å². The molecule has 0 bridgehead atoms. The predicted molar refractivity (Wildman–Crippen MR) is 138 cm³/mol. The van der Waals surface area contributed by atoms with Crippen LogP contribution < -0.4 is 5.32 Å². The Bertz CT molecular complexity index is 1080. The number of amides is 1. The maximum Gasteiger partial charge on any atom is 0.220 e. The topological polar surface area (TPSA) is 37.3 Å². The first-order chi connectivity index (χ1) is 16.1. The van der Waals surface area contributed by atoms with Crippen LogP contribution in [0.15, 0.2) is 54.7 Å². The summed E-state index contributed by atoms with van der Waals surface area (Å²) in [7, 11) is 0. The van der Waals surface area contributed by atoms with Crippen LogP contribution in [0.25, 0.3) is 10.9 Å². The van der Waals surface area contributed by atoms with E-state index in [1.807, 2.05) is 18.2 Å². The van der Waals surface area contributed by atoms with Crippen LogP contribution >= 0.6 is 11.6 Å². The highest BCUT2D eigenvalue weighted by molar-refractivity contribution is 6.30. The van der Waals surface area contributed by atoms with Gasteiger partial charge < -0.3 is 14.8 Å². The molecule has 4 nitrogen and oxygen atoms in total. The quantitative estimate of drug-likeness (QED) is 0.381. The van der Waals surface area contributed by atoms with Gasteiger partial charge in [0.15, 0.2) is 0 Å². The smallest absolute Gasteiger partial charge is 0.220 e. The second-order valence-electron chi connectivity index (χ2n) is 9.28. The van der Waals surface area contributed by atoms with Crippen LogP contribution in [0.5, 0.6) is 0 Å². The Morgan fingerprint density at radius 1 is 1.18 bits per heavy atom. The predicted octanol–water partition coefficient (Wildman–Crippen LogP) is 6.22. The molecule has 1 aliphatic heterocycles. The Hall–Kier alpha value is -2.30. The first-order valence-corrected chi connectivity index (χ1v) is 12.8. The first-order valence-electron chi connectivity index (χ1n) is 12.4. The van der Waals surface area contributed by atoms with Gasteiger partial charge in [-0.1, -0.05) is 48.4 Å². The summed E-state index contributed by atoms with van der Waals surface area (Å²) in [6, 6.07) is 17.1. The summed E-state index contributed by atoms with van der Waals surface area (Å²) >= 11 is 6.34. The van der Waals surface area contributed by atoms with E-state index < -0.39 is 0 Å². The van der Waals surface area contributed by atoms with Gasteiger partial charge in [0, 0.05) is 60.1 Å². The van der Waals surface area contributed by atoms with E-state index >= 15 is 0 Å². The Kier molecular flexibility index (Phi) is 8.11. The van der Waals surface area contributed by atoms with Crippen molar-refractivity contribution in [3.8, 4) is 0 Å². The Morgan fingerprint density at radius 3 is 2.82 bits per heavy atom. The van der Waals surface area contributed by atoms with E-state index in [4.69, 9.17) is 11.6 Å². The van der Waals surface area contributed by atoms with Crippen molar-refractivity contribution in [3.05, 3.63) is 70.9 Å². The molecule has 0 radical (unpaired) electrons. The standard InChI is InChI=1S/C28H36ClN3O/c1-3-31-20-26(24-13-4-5-14-27(24)31)25(22-11-8-12-23(29)18-22)19-28(33)30-15-9-17-32-16-7-6-10-21(32)2/h4-5,8,11-14,18,20-21,25H,3,6-7,9-10,15-17,19H2,1-2H3,(H,30,33). The summed E-state index contributed by atoms with van der Waals surface area (Å²) in [5.41, 5.74) is 3.48. The number of para-hydroxylation sites is 1. The highest BCUT2D eigenvalue weighted by Crippen LogP contribution is 2.35. The number of rotatable bonds is 9. The number of carbonyl (C=O) groups is 1. The molecule has 176 valence electrons. The summed E-state index contributed by atoms with van der Waals surface area (Å²) in [4.78, 5) is 15.6. The molecule has 2 heterocycles. The van der Waals surface area contributed by atoms with E-state index in [2.05, 4.69) is 65.2 Å². The second-order valence-corrected chi connectivity index (χ2v) is 9.72. The van der Waals surface area contributed by atoms with Gasteiger partial charge in [-0.25, -0.2) is 0 Å². The number of nitrogens with one attached hydrogen (secondary N) is 1. The van der Waals surface area contributed by atoms with Gasteiger partial charge in [0.1, 0.15) is 0 Å². The minimum Gasteiger partial charge on any atom is -0.356 e. The zero-order valence-corrected chi connectivity index (χ0v) is 20.7. The number of nitrogens with zero attached hydrogens (tertiary/aromatic N) is 2.